The molecule has 1 heterocycles. The van der Waals surface area contributed by atoms with Gasteiger partial charge >= 0.3 is 5.97 Å². The monoisotopic (exact) mass is 276 g/mol. The summed E-state index contributed by atoms with van der Waals surface area (Å²) < 4.78 is 0. The molecule has 0 saturated carbocycles. The zero-order chi connectivity index (χ0) is 14.5. The number of hydrogen-bond donors (Lipinski definition) is 3. The zero-order valence-electron chi connectivity index (χ0n) is 11.6. The van der Waals surface area contributed by atoms with Gasteiger partial charge in [-0.3, -0.25) is 9.59 Å². The number of rotatable bonds is 5. The normalized spacial score (nSPS) is 18.9. The van der Waals surface area contributed by atoms with Crippen LogP contribution in [0.1, 0.15) is 36.8 Å². The molecule has 0 bridgehead atoms. The molecule has 1 aromatic rings. The Morgan fingerprint density at radius 1 is 1.45 bits per heavy atom. The Hall–Kier alpha value is -1.88. The van der Waals surface area contributed by atoms with Crippen molar-refractivity contribution in [3.8, 4) is 0 Å². The molecule has 20 heavy (non-hydrogen) atoms. The summed E-state index contributed by atoms with van der Waals surface area (Å²) in [5.41, 5.74) is 2.21. The van der Waals surface area contributed by atoms with E-state index in [1.165, 1.54) is 0 Å². The Morgan fingerprint density at radius 2 is 2.20 bits per heavy atom. The van der Waals surface area contributed by atoms with E-state index in [2.05, 4.69) is 10.6 Å². The van der Waals surface area contributed by atoms with Gasteiger partial charge in [-0.2, -0.15) is 0 Å². The minimum Gasteiger partial charge on any atom is -0.481 e. The molecule has 2 rings (SSSR count). The van der Waals surface area contributed by atoms with Gasteiger partial charge in [0.1, 0.15) is 0 Å². The molecule has 2 unspecified atom stereocenters. The van der Waals surface area contributed by atoms with E-state index in [-0.39, 0.29) is 24.3 Å². The van der Waals surface area contributed by atoms with Gasteiger partial charge in [-0.05, 0) is 24.5 Å². The maximum absolute atomic E-state index is 12.3. The smallest absolute Gasteiger partial charge is 0.303 e. The molecule has 5 nitrogen and oxygen atoms in total. The molecule has 0 aromatic heterocycles. The number of amides is 1. The third-order valence-electron chi connectivity index (χ3n) is 3.59. The second-order valence-electron chi connectivity index (χ2n) is 5.22. The Balaban J connectivity index is 1.98. The van der Waals surface area contributed by atoms with Gasteiger partial charge in [0.05, 0.1) is 5.92 Å². The summed E-state index contributed by atoms with van der Waals surface area (Å²) in [7, 11) is 0. The fraction of sp³-hybridized carbons (Fsp3) is 0.467. The largest absolute Gasteiger partial charge is 0.481 e. The van der Waals surface area contributed by atoms with E-state index in [4.69, 9.17) is 5.11 Å². The fourth-order valence-electron chi connectivity index (χ4n) is 2.49. The lowest BCUT2D eigenvalue weighted by atomic mass is 9.90. The maximum atomic E-state index is 12.3. The van der Waals surface area contributed by atoms with Crippen LogP contribution in [0.15, 0.2) is 24.3 Å². The van der Waals surface area contributed by atoms with Crippen LogP contribution in [0.25, 0.3) is 0 Å². The minimum absolute atomic E-state index is 0.0393. The van der Waals surface area contributed by atoms with Crippen molar-refractivity contribution in [1.82, 2.24) is 10.6 Å². The first-order valence-corrected chi connectivity index (χ1v) is 6.88. The predicted octanol–water partition coefficient (Wildman–Crippen LogP) is 1.24. The van der Waals surface area contributed by atoms with Crippen molar-refractivity contribution in [3.63, 3.8) is 0 Å². The number of fused-ring (bicyclic) bond motifs is 1. The molecule has 2 atom stereocenters. The molecule has 1 aliphatic heterocycles. The lowest BCUT2D eigenvalue weighted by molar-refractivity contribution is -0.137. The van der Waals surface area contributed by atoms with Crippen molar-refractivity contribution in [2.24, 2.45) is 0 Å². The van der Waals surface area contributed by atoms with Crippen LogP contribution in [0.5, 0.6) is 0 Å². The summed E-state index contributed by atoms with van der Waals surface area (Å²) in [5.74, 6) is -1.08. The molecule has 1 amide bonds. The number of benzene rings is 1. The zero-order valence-corrected chi connectivity index (χ0v) is 11.6. The molecule has 1 aromatic carbocycles. The number of carboxylic acids is 1. The first-order chi connectivity index (χ1) is 9.58. The lowest BCUT2D eigenvalue weighted by Crippen LogP contribution is -2.42. The molecular formula is C15H20N2O3. The Morgan fingerprint density at radius 3 is 2.95 bits per heavy atom. The number of hydrogen-bond acceptors (Lipinski definition) is 3. The Labute approximate surface area is 118 Å². The van der Waals surface area contributed by atoms with Gasteiger partial charge in [0.15, 0.2) is 0 Å². The van der Waals surface area contributed by atoms with E-state index >= 15 is 0 Å². The molecule has 0 fully saturated rings. The van der Waals surface area contributed by atoms with Gasteiger partial charge in [0.25, 0.3) is 0 Å². The average Bonchev–Trinajstić information content (AvgIpc) is 2.44. The molecule has 3 N–H and O–H groups in total. The predicted molar refractivity (Wildman–Crippen MR) is 75.4 cm³/mol. The van der Waals surface area contributed by atoms with Crippen LogP contribution in [-0.4, -0.2) is 29.6 Å². The Bertz CT molecular complexity index is 502. The van der Waals surface area contributed by atoms with E-state index in [1.807, 2.05) is 31.2 Å². The number of aliphatic carboxylic acids is 1. The van der Waals surface area contributed by atoms with Crippen LogP contribution in [-0.2, 0) is 16.1 Å². The van der Waals surface area contributed by atoms with Crippen LogP contribution >= 0.6 is 0 Å². The third-order valence-corrected chi connectivity index (χ3v) is 3.59. The Kier molecular flexibility index (Phi) is 4.74. The SMILES string of the molecule is CC(CCC(=O)O)NC(=O)C1CNCc2ccccc21. The van der Waals surface area contributed by atoms with Crippen molar-refractivity contribution in [1.29, 1.82) is 0 Å². The van der Waals surface area contributed by atoms with Crippen molar-refractivity contribution in [3.05, 3.63) is 35.4 Å². The second-order valence-corrected chi connectivity index (χ2v) is 5.22. The highest BCUT2D eigenvalue weighted by Gasteiger charge is 2.26. The van der Waals surface area contributed by atoms with Gasteiger partial charge in [0, 0.05) is 25.6 Å². The third kappa shape index (κ3) is 3.57. The minimum atomic E-state index is -0.837. The number of nitrogens with one attached hydrogen (secondary N) is 2. The number of carbonyl (C=O) groups excluding carboxylic acids is 1. The fourth-order valence-corrected chi connectivity index (χ4v) is 2.49. The van der Waals surface area contributed by atoms with Crippen molar-refractivity contribution in [2.75, 3.05) is 6.54 Å². The maximum Gasteiger partial charge on any atom is 0.303 e. The van der Waals surface area contributed by atoms with E-state index in [0.717, 1.165) is 17.7 Å². The van der Waals surface area contributed by atoms with Gasteiger partial charge in [-0.25, -0.2) is 0 Å². The summed E-state index contributed by atoms with van der Waals surface area (Å²) in [6.07, 6.45) is 0.518. The molecule has 0 radical (unpaired) electrons. The molecule has 0 aliphatic carbocycles. The molecule has 0 saturated heterocycles. The summed E-state index contributed by atoms with van der Waals surface area (Å²) >= 11 is 0. The summed E-state index contributed by atoms with van der Waals surface area (Å²) in [4.78, 5) is 22.8. The van der Waals surface area contributed by atoms with Gasteiger partial charge in [0.2, 0.25) is 5.91 Å². The van der Waals surface area contributed by atoms with Crippen LogP contribution < -0.4 is 10.6 Å². The number of carbonyl (C=O) groups is 2. The first kappa shape index (κ1) is 14.5. The molecule has 1 aliphatic rings. The topological polar surface area (TPSA) is 78.4 Å². The summed E-state index contributed by atoms with van der Waals surface area (Å²) in [6.45, 7) is 3.24. The van der Waals surface area contributed by atoms with Crippen LogP contribution in [0.4, 0.5) is 0 Å². The molecule has 108 valence electrons. The van der Waals surface area contributed by atoms with E-state index in [1.54, 1.807) is 0 Å². The van der Waals surface area contributed by atoms with Crippen molar-refractivity contribution in [2.45, 2.75) is 38.3 Å². The highest BCUT2D eigenvalue weighted by atomic mass is 16.4. The van der Waals surface area contributed by atoms with E-state index < -0.39 is 5.97 Å². The standard InChI is InChI=1S/C15H20N2O3/c1-10(6-7-14(18)19)17-15(20)13-9-16-8-11-4-2-3-5-12(11)13/h2-5,10,13,16H,6-9H2,1H3,(H,17,20)(H,18,19). The number of carboxylic acid groups (broad SMARTS) is 1. The highest BCUT2D eigenvalue weighted by molar-refractivity contribution is 5.85. The van der Waals surface area contributed by atoms with Crippen molar-refractivity contribution < 1.29 is 14.7 Å². The van der Waals surface area contributed by atoms with Crippen LogP contribution in [0.3, 0.4) is 0 Å². The molecule has 5 heteroatoms. The van der Waals surface area contributed by atoms with E-state index in [0.29, 0.717) is 13.0 Å². The molecule has 0 spiro atoms. The van der Waals surface area contributed by atoms with Crippen molar-refractivity contribution >= 4 is 11.9 Å². The van der Waals surface area contributed by atoms with Crippen LogP contribution in [0, 0.1) is 0 Å². The van der Waals surface area contributed by atoms with Gasteiger partial charge in [-0.15, -0.1) is 0 Å². The van der Waals surface area contributed by atoms with E-state index in [9.17, 15) is 9.59 Å². The van der Waals surface area contributed by atoms with Gasteiger partial charge in [-0.1, -0.05) is 24.3 Å². The summed E-state index contributed by atoms with van der Waals surface area (Å²) in [5, 5.41) is 14.8. The van der Waals surface area contributed by atoms with Gasteiger partial charge < -0.3 is 15.7 Å². The summed E-state index contributed by atoms with van der Waals surface area (Å²) in [6, 6.07) is 7.79. The second kappa shape index (κ2) is 6.52. The highest BCUT2D eigenvalue weighted by Crippen LogP contribution is 2.24. The lowest BCUT2D eigenvalue weighted by Gasteiger charge is -2.26. The quantitative estimate of drug-likeness (QED) is 0.756. The molecular weight excluding hydrogens is 256 g/mol. The first-order valence-electron chi connectivity index (χ1n) is 6.88. The average molecular weight is 276 g/mol. The van der Waals surface area contributed by atoms with Crippen LogP contribution in [0.2, 0.25) is 0 Å².